The number of aromatic carboxylic acids is 1. The summed E-state index contributed by atoms with van der Waals surface area (Å²) in [5, 5.41) is 11.5. The van der Waals surface area contributed by atoms with Crippen LogP contribution in [0, 0.1) is 0 Å². The summed E-state index contributed by atoms with van der Waals surface area (Å²) in [6.07, 6.45) is 1.22. The first-order valence-corrected chi connectivity index (χ1v) is 2.58. The van der Waals surface area contributed by atoms with Gasteiger partial charge in [-0.05, 0) is 11.5 Å². The van der Waals surface area contributed by atoms with Crippen molar-refractivity contribution in [1.29, 1.82) is 0 Å². The Hall–Kier alpha value is -0.970. The summed E-state index contributed by atoms with van der Waals surface area (Å²) < 4.78 is 3.35. The van der Waals surface area contributed by atoms with E-state index < -0.39 is 5.97 Å². The van der Waals surface area contributed by atoms with Crippen LogP contribution in [-0.4, -0.2) is 20.7 Å². The molecule has 0 aliphatic heterocycles. The van der Waals surface area contributed by atoms with Gasteiger partial charge < -0.3 is 5.11 Å². The van der Waals surface area contributed by atoms with E-state index in [9.17, 15) is 4.79 Å². The molecule has 42 valence electrons. The van der Waals surface area contributed by atoms with E-state index in [1.54, 1.807) is 0 Å². The SMILES string of the molecule is O=C(O)c1cnns1. The number of hydrogen-bond acceptors (Lipinski definition) is 4. The molecule has 0 radical (unpaired) electrons. The van der Waals surface area contributed by atoms with Crippen LogP contribution >= 0.6 is 11.5 Å². The van der Waals surface area contributed by atoms with Crippen molar-refractivity contribution in [1.82, 2.24) is 9.59 Å². The van der Waals surface area contributed by atoms with E-state index >= 15 is 0 Å². The third-order valence-electron chi connectivity index (χ3n) is 0.572. The van der Waals surface area contributed by atoms with Crippen LogP contribution in [0.5, 0.6) is 0 Å². The van der Waals surface area contributed by atoms with Crippen LogP contribution in [-0.2, 0) is 0 Å². The van der Waals surface area contributed by atoms with Gasteiger partial charge in [0.05, 0.1) is 6.20 Å². The number of aromatic nitrogens is 2. The maximum atomic E-state index is 9.99. The molecule has 1 aromatic heterocycles. The number of carbonyl (C=O) groups is 1. The molecule has 1 N–H and O–H groups in total. The molecule has 0 fully saturated rings. The Labute approximate surface area is 48.9 Å². The molecule has 0 amide bonds. The maximum Gasteiger partial charge on any atom is 0.349 e. The second kappa shape index (κ2) is 1.87. The summed E-state index contributed by atoms with van der Waals surface area (Å²) in [4.78, 5) is 10.2. The molecule has 0 saturated heterocycles. The highest BCUT2D eigenvalue weighted by molar-refractivity contribution is 7.07. The predicted octanol–water partition coefficient (Wildman–Crippen LogP) is 0.236. The summed E-state index contributed by atoms with van der Waals surface area (Å²) in [5.74, 6) is -0.972. The van der Waals surface area contributed by atoms with Crippen molar-refractivity contribution in [2.24, 2.45) is 0 Å². The van der Waals surface area contributed by atoms with E-state index in [0.717, 1.165) is 11.5 Å². The highest BCUT2D eigenvalue weighted by Gasteiger charge is 2.02. The zero-order valence-corrected chi connectivity index (χ0v) is 4.55. The summed E-state index contributed by atoms with van der Waals surface area (Å²) in [6.45, 7) is 0. The molecule has 4 nitrogen and oxygen atoms in total. The summed E-state index contributed by atoms with van der Waals surface area (Å²) >= 11 is 0.870. The van der Waals surface area contributed by atoms with Crippen molar-refractivity contribution in [2.75, 3.05) is 0 Å². The van der Waals surface area contributed by atoms with E-state index in [4.69, 9.17) is 5.11 Å². The molecule has 8 heavy (non-hydrogen) atoms. The molecular formula is C3H2N2O2S. The lowest BCUT2D eigenvalue weighted by atomic mass is 10.6. The molecule has 0 unspecified atom stereocenters. The molecule has 0 bridgehead atoms. The van der Waals surface area contributed by atoms with Crippen molar-refractivity contribution in [3.05, 3.63) is 11.1 Å². The molecular weight excluding hydrogens is 128 g/mol. The zero-order valence-electron chi connectivity index (χ0n) is 3.74. The Morgan fingerprint density at radius 2 is 2.62 bits per heavy atom. The largest absolute Gasteiger partial charge is 0.477 e. The van der Waals surface area contributed by atoms with Gasteiger partial charge in [-0.3, -0.25) is 0 Å². The smallest absolute Gasteiger partial charge is 0.349 e. The van der Waals surface area contributed by atoms with Gasteiger partial charge in [-0.15, -0.1) is 5.10 Å². The molecule has 0 spiro atoms. The van der Waals surface area contributed by atoms with E-state index in [0.29, 0.717) is 0 Å². The van der Waals surface area contributed by atoms with Crippen molar-refractivity contribution in [2.45, 2.75) is 0 Å². The second-order valence-corrected chi connectivity index (χ2v) is 1.87. The monoisotopic (exact) mass is 130 g/mol. The first-order valence-electron chi connectivity index (χ1n) is 1.81. The Morgan fingerprint density at radius 3 is 2.88 bits per heavy atom. The zero-order chi connectivity index (χ0) is 5.98. The minimum Gasteiger partial charge on any atom is -0.477 e. The van der Waals surface area contributed by atoms with Gasteiger partial charge in [0, 0.05) is 0 Å². The fourth-order valence-corrected chi connectivity index (χ4v) is 0.616. The molecule has 0 atom stereocenters. The van der Waals surface area contributed by atoms with E-state index in [2.05, 4.69) is 9.59 Å². The molecule has 1 aromatic rings. The predicted molar refractivity (Wildman–Crippen MR) is 26.9 cm³/mol. The first-order chi connectivity index (χ1) is 3.80. The van der Waals surface area contributed by atoms with Crippen LogP contribution in [0.15, 0.2) is 6.20 Å². The summed E-state index contributed by atoms with van der Waals surface area (Å²) in [7, 11) is 0. The summed E-state index contributed by atoms with van der Waals surface area (Å²) in [5.41, 5.74) is 0. The lowest BCUT2D eigenvalue weighted by molar-refractivity contribution is 0.0702. The Kier molecular flexibility index (Phi) is 1.21. The minimum absolute atomic E-state index is 0.171. The van der Waals surface area contributed by atoms with Crippen molar-refractivity contribution >= 4 is 17.5 Å². The average Bonchev–Trinajstić information content (AvgIpc) is 2.12. The quantitative estimate of drug-likeness (QED) is 0.591. The Bertz CT molecular complexity index is 183. The van der Waals surface area contributed by atoms with Gasteiger partial charge in [-0.1, -0.05) is 4.49 Å². The Balaban J connectivity index is 2.93. The normalized spacial score (nSPS) is 9.00. The minimum atomic E-state index is -0.972. The van der Waals surface area contributed by atoms with Crippen molar-refractivity contribution in [3.63, 3.8) is 0 Å². The van der Waals surface area contributed by atoms with Crippen LogP contribution in [0.25, 0.3) is 0 Å². The standard InChI is InChI=1S/C3H2N2O2S/c6-3(7)2-1-4-5-8-2/h1H,(H,6,7). The number of nitrogens with zero attached hydrogens (tertiary/aromatic N) is 2. The molecule has 1 rings (SSSR count). The van der Waals surface area contributed by atoms with Crippen LogP contribution in [0.2, 0.25) is 0 Å². The lowest BCUT2D eigenvalue weighted by Gasteiger charge is -1.75. The van der Waals surface area contributed by atoms with Gasteiger partial charge in [0.1, 0.15) is 0 Å². The van der Waals surface area contributed by atoms with Gasteiger partial charge in [0.25, 0.3) is 0 Å². The Morgan fingerprint density at radius 1 is 1.88 bits per heavy atom. The average molecular weight is 130 g/mol. The molecule has 0 aliphatic carbocycles. The van der Waals surface area contributed by atoms with E-state index in [-0.39, 0.29) is 4.88 Å². The van der Waals surface area contributed by atoms with Gasteiger partial charge in [-0.25, -0.2) is 4.79 Å². The van der Waals surface area contributed by atoms with Crippen molar-refractivity contribution < 1.29 is 9.90 Å². The third kappa shape index (κ3) is 0.812. The van der Waals surface area contributed by atoms with Gasteiger partial charge in [0.2, 0.25) is 0 Å². The second-order valence-electron chi connectivity index (χ2n) is 1.09. The summed E-state index contributed by atoms with van der Waals surface area (Å²) in [6, 6.07) is 0. The molecule has 1 heterocycles. The molecule has 0 saturated carbocycles. The highest BCUT2D eigenvalue weighted by atomic mass is 32.1. The van der Waals surface area contributed by atoms with Gasteiger partial charge in [0.15, 0.2) is 4.88 Å². The first kappa shape index (κ1) is 5.17. The molecule has 0 aromatic carbocycles. The van der Waals surface area contributed by atoms with Gasteiger partial charge in [-0.2, -0.15) is 0 Å². The number of hydrogen-bond donors (Lipinski definition) is 1. The fourth-order valence-electron chi connectivity index (χ4n) is 0.261. The fraction of sp³-hybridized carbons (Fsp3) is 0. The van der Waals surface area contributed by atoms with Gasteiger partial charge >= 0.3 is 5.97 Å². The highest BCUT2D eigenvalue weighted by Crippen LogP contribution is 1.99. The molecule has 0 aliphatic rings. The number of carboxylic acid groups (broad SMARTS) is 1. The van der Waals surface area contributed by atoms with Crippen LogP contribution < -0.4 is 0 Å². The maximum absolute atomic E-state index is 9.99. The topological polar surface area (TPSA) is 63.1 Å². The lowest BCUT2D eigenvalue weighted by Crippen LogP contribution is -1.89. The van der Waals surface area contributed by atoms with E-state index in [1.807, 2.05) is 0 Å². The number of carboxylic acids is 1. The molecule has 5 heteroatoms. The van der Waals surface area contributed by atoms with Crippen LogP contribution in [0.3, 0.4) is 0 Å². The third-order valence-corrected chi connectivity index (χ3v) is 1.22. The van der Waals surface area contributed by atoms with E-state index in [1.165, 1.54) is 6.20 Å². The van der Waals surface area contributed by atoms with Crippen LogP contribution in [0.1, 0.15) is 9.67 Å². The number of rotatable bonds is 1. The van der Waals surface area contributed by atoms with Crippen LogP contribution in [0.4, 0.5) is 0 Å². The van der Waals surface area contributed by atoms with Crippen molar-refractivity contribution in [3.8, 4) is 0 Å².